The molecule has 0 radical (unpaired) electrons. The van der Waals surface area contributed by atoms with Gasteiger partial charge in [0.1, 0.15) is 0 Å². The Kier molecular flexibility index (Phi) is 4.58. The van der Waals surface area contributed by atoms with Gasteiger partial charge < -0.3 is 0 Å². The van der Waals surface area contributed by atoms with Crippen molar-refractivity contribution in [1.82, 2.24) is 15.1 Å². The Labute approximate surface area is 140 Å². The highest BCUT2D eigenvalue weighted by atomic mass is 15.2. The van der Waals surface area contributed by atoms with Crippen molar-refractivity contribution in [3.63, 3.8) is 0 Å². The van der Waals surface area contributed by atoms with E-state index in [1.165, 1.54) is 41.9 Å². The van der Waals surface area contributed by atoms with E-state index in [9.17, 15) is 0 Å². The summed E-state index contributed by atoms with van der Waals surface area (Å²) in [5.74, 6) is 0. The summed E-state index contributed by atoms with van der Waals surface area (Å²) in [7, 11) is 0. The van der Waals surface area contributed by atoms with Gasteiger partial charge in [-0.2, -0.15) is 5.10 Å². The standard InChI is InChI=1S/C20H29N3/c1-15-17(19(22-21-15)20(2,3)4)12-14-23-13-8-11-18(23)16-9-6-5-7-10-16/h5-7,9-10,18H,8,11-14H2,1-4H3,(H,21,22)/t18-/m0/s1. The largest absolute Gasteiger partial charge is 0.296 e. The zero-order chi connectivity index (χ0) is 16.4. The fourth-order valence-corrected chi connectivity index (χ4v) is 3.78. The van der Waals surface area contributed by atoms with Gasteiger partial charge in [-0.3, -0.25) is 10.00 Å². The minimum atomic E-state index is 0.101. The molecule has 1 aromatic heterocycles. The van der Waals surface area contributed by atoms with E-state index >= 15 is 0 Å². The van der Waals surface area contributed by atoms with Crippen LogP contribution >= 0.6 is 0 Å². The van der Waals surface area contributed by atoms with E-state index in [1.807, 2.05) is 0 Å². The predicted octanol–water partition coefficient (Wildman–Crippen LogP) is 4.40. The Bertz CT molecular complexity index is 637. The summed E-state index contributed by atoms with van der Waals surface area (Å²) < 4.78 is 0. The zero-order valence-electron chi connectivity index (χ0n) is 14.9. The van der Waals surface area contributed by atoms with Crippen LogP contribution in [0.25, 0.3) is 0 Å². The van der Waals surface area contributed by atoms with Crippen molar-refractivity contribution in [2.75, 3.05) is 13.1 Å². The lowest BCUT2D eigenvalue weighted by atomic mass is 9.88. The minimum Gasteiger partial charge on any atom is -0.296 e. The first kappa shape index (κ1) is 16.3. The molecule has 1 atom stereocenters. The Morgan fingerprint density at radius 3 is 2.65 bits per heavy atom. The number of benzene rings is 1. The van der Waals surface area contributed by atoms with Gasteiger partial charge in [-0.1, -0.05) is 51.1 Å². The van der Waals surface area contributed by atoms with E-state index in [0.717, 1.165) is 13.0 Å². The first-order chi connectivity index (χ1) is 11.0. The van der Waals surface area contributed by atoms with Crippen LogP contribution in [0.4, 0.5) is 0 Å². The van der Waals surface area contributed by atoms with Crippen LogP contribution in [0.2, 0.25) is 0 Å². The number of nitrogens with zero attached hydrogens (tertiary/aromatic N) is 2. The van der Waals surface area contributed by atoms with Crippen molar-refractivity contribution >= 4 is 0 Å². The molecule has 2 heterocycles. The summed E-state index contributed by atoms with van der Waals surface area (Å²) >= 11 is 0. The molecule has 1 aromatic carbocycles. The van der Waals surface area contributed by atoms with Gasteiger partial charge in [0.25, 0.3) is 0 Å². The molecule has 2 aromatic rings. The van der Waals surface area contributed by atoms with E-state index < -0.39 is 0 Å². The Hall–Kier alpha value is -1.61. The molecule has 1 aliphatic heterocycles. The molecule has 0 bridgehead atoms. The van der Waals surface area contributed by atoms with Gasteiger partial charge in [-0.05, 0) is 43.9 Å². The van der Waals surface area contributed by atoms with Gasteiger partial charge in [-0.25, -0.2) is 0 Å². The summed E-state index contributed by atoms with van der Waals surface area (Å²) in [4.78, 5) is 2.65. The Morgan fingerprint density at radius 2 is 1.96 bits per heavy atom. The predicted molar refractivity (Wildman–Crippen MR) is 95.7 cm³/mol. The number of hydrogen-bond donors (Lipinski definition) is 1. The monoisotopic (exact) mass is 311 g/mol. The van der Waals surface area contributed by atoms with Gasteiger partial charge in [-0.15, -0.1) is 0 Å². The van der Waals surface area contributed by atoms with Crippen LogP contribution in [0, 0.1) is 6.92 Å². The van der Waals surface area contributed by atoms with Crippen LogP contribution in [0.1, 0.15) is 62.2 Å². The molecular weight excluding hydrogens is 282 g/mol. The molecule has 0 aliphatic carbocycles. The molecule has 124 valence electrons. The molecule has 0 spiro atoms. The van der Waals surface area contributed by atoms with Gasteiger partial charge in [0, 0.05) is 23.7 Å². The second-order valence-corrected chi connectivity index (χ2v) is 7.78. The van der Waals surface area contributed by atoms with Crippen LogP contribution in [-0.2, 0) is 11.8 Å². The third-order valence-electron chi connectivity index (χ3n) is 4.98. The number of H-pyrrole nitrogens is 1. The highest BCUT2D eigenvalue weighted by Crippen LogP contribution is 2.32. The second-order valence-electron chi connectivity index (χ2n) is 7.78. The molecule has 3 rings (SSSR count). The lowest BCUT2D eigenvalue weighted by Crippen LogP contribution is -2.26. The smallest absolute Gasteiger partial charge is 0.0710 e. The quantitative estimate of drug-likeness (QED) is 0.908. The summed E-state index contributed by atoms with van der Waals surface area (Å²) in [5.41, 5.74) is 5.43. The molecule has 1 aliphatic rings. The number of aromatic amines is 1. The zero-order valence-corrected chi connectivity index (χ0v) is 14.9. The Balaban J connectivity index is 1.72. The molecule has 0 saturated carbocycles. The SMILES string of the molecule is Cc1[nH]nc(C(C)(C)C)c1CCN1CCC[C@H]1c1ccccc1. The fraction of sp³-hybridized carbons (Fsp3) is 0.550. The lowest BCUT2D eigenvalue weighted by Gasteiger charge is -2.25. The van der Waals surface area contributed by atoms with Crippen LogP contribution in [-0.4, -0.2) is 28.2 Å². The third-order valence-corrected chi connectivity index (χ3v) is 4.98. The molecule has 1 saturated heterocycles. The van der Waals surface area contributed by atoms with Crippen molar-refractivity contribution in [2.24, 2.45) is 0 Å². The first-order valence-corrected chi connectivity index (χ1v) is 8.80. The van der Waals surface area contributed by atoms with Gasteiger partial charge in [0.05, 0.1) is 5.69 Å². The van der Waals surface area contributed by atoms with Gasteiger partial charge >= 0.3 is 0 Å². The average Bonchev–Trinajstić information content (AvgIpc) is 3.12. The van der Waals surface area contributed by atoms with Crippen molar-refractivity contribution in [2.45, 2.75) is 58.4 Å². The second kappa shape index (κ2) is 6.48. The number of aromatic nitrogens is 2. The van der Waals surface area contributed by atoms with Crippen LogP contribution in [0.3, 0.4) is 0 Å². The number of nitrogens with one attached hydrogen (secondary N) is 1. The van der Waals surface area contributed by atoms with E-state index in [1.54, 1.807) is 0 Å². The van der Waals surface area contributed by atoms with Gasteiger partial charge in [0.2, 0.25) is 0 Å². The minimum absolute atomic E-state index is 0.101. The molecule has 0 amide bonds. The first-order valence-electron chi connectivity index (χ1n) is 8.80. The van der Waals surface area contributed by atoms with Crippen LogP contribution in [0.5, 0.6) is 0 Å². The van der Waals surface area contributed by atoms with Gasteiger partial charge in [0.15, 0.2) is 0 Å². The van der Waals surface area contributed by atoms with Crippen LogP contribution in [0.15, 0.2) is 30.3 Å². The van der Waals surface area contributed by atoms with Crippen molar-refractivity contribution in [1.29, 1.82) is 0 Å². The summed E-state index contributed by atoms with van der Waals surface area (Å²) in [6.07, 6.45) is 3.66. The van der Waals surface area contributed by atoms with E-state index in [4.69, 9.17) is 0 Å². The molecule has 3 heteroatoms. The average molecular weight is 311 g/mol. The van der Waals surface area contributed by atoms with Crippen LogP contribution < -0.4 is 0 Å². The number of hydrogen-bond acceptors (Lipinski definition) is 2. The summed E-state index contributed by atoms with van der Waals surface area (Å²) in [6, 6.07) is 11.5. The van der Waals surface area contributed by atoms with Crippen molar-refractivity contribution < 1.29 is 0 Å². The maximum absolute atomic E-state index is 4.57. The highest BCUT2D eigenvalue weighted by molar-refractivity contribution is 5.30. The topological polar surface area (TPSA) is 31.9 Å². The summed E-state index contributed by atoms with van der Waals surface area (Å²) in [6.45, 7) is 11.2. The molecule has 23 heavy (non-hydrogen) atoms. The molecule has 3 nitrogen and oxygen atoms in total. The number of rotatable bonds is 4. The normalized spacial score (nSPS) is 19.4. The maximum atomic E-state index is 4.57. The molecule has 1 N–H and O–H groups in total. The lowest BCUT2D eigenvalue weighted by molar-refractivity contribution is 0.260. The van der Waals surface area contributed by atoms with E-state index in [0.29, 0.717) is 6.04 Å². The number of likely N-dealkylation sites (tertiary alicyclic amines) is 1. The molecular formula is C20H29N3. The van der Waals surface area contributed by atoms with Crippen molar-refractivity contribution in [3.05, 3.63) is 52.8 Å². The fourth-order valence-electron chi connectivity index (χ4n) is 3.78. The van der Waals surface area contributed by atoms with Crippen molar-refractivity contribution in [3.8, 4) is 0 Å². The maximum Gasteiger partial charge on any atom is 0.0710 e. The molecule has 1 fully saturated rings. The Morgan fingerprint density at radius 1 is 1.22 bits per heavy atom. The van der Waals surface area contributed by atoms with E-state index in [2.05, 4.69) is 73.1 Å². The molecule has 0 unspecified atom stereocenters. The third kappa shape index (κ3) is 3.50. The van der Waals surface area contributed by atoms with E-state index in [-0.39, 0.29) is 5.41 Å². The highest BCUT2D eigenvalue weighted by Gasteiger charge is 2.27. The summed E-state index contributed by atoms with van der Waals surface area (Å²) in [5, 5.41) is 7.76. The number of aryl methyl sites for hydroxylation is 1.